The summed E-state index contributed by atoms with van der Waals surface area (Å²) in [4.78, 5) is 13.4. The molecule has 1 N–H and O–H groups in total. The highest BCUT2D eigenvalue weighted by Gasteiger charge is 2.40. The fraction of sp³-hybridized carbons (Fsp3) is 0.267. The van der Waals surface area contributed by atoms with Crippen molar-refractivity contribution in [2.75, 3.05) is 11.9 Å². The van der Waals surface area contributed by atoms with Gasteiger partial charge in [-0.05, 0) is 35.7 Å². The van der Waals surface area contributed by atoms with E-state index in [0.29, 0.717) is 25.3 Å². The quantitative estimate of drug-likeness (QED) is 0.693. The molecule has 0 saturated carbocycles. The molecule has 1 aliphatic rings. The maximum absolute atomic E-state index is 12.7. The highest BCUT2D eigenvalue weighted by atomic mass is 32.2. The molecule has 0 spiro atoms. The van der Waals surface area contributed by atoms with Crippen LogP contribution in [0.15, 0.2) is 43.7 Å². The molecule has 26 heavy (non-hydrogen) atoms. The van der Waals surface area contributed by atoms with Gasteiger partial charge < -0.3 is 4.42 Å². The molecule has 1 aliphatic heterocycles. The Bertz CT molecular complexity index is 996. The number of rotatable bonds is 5. The van der Waals surface area contributed by atoms with E-state index in [1.807, 2.05) is 17.5 Å². The minimum Gasteiger partial charge on any atom is -0.402 e. The molecule has 1 atom stereocenters. The minimum absolute atomic E-state index is 0.0428. The van der Waals surface area contributed by atoms with Gasteiger partial charge in [0.2, 0.25) is 5.91 Å². The Morgan fingerprint density at radius 3 is 2.77 bits per heavy atom. The summed E-state index contributed by atoms with van der Waals surface area (Å²) in [5.41, 5.74) is 0. The summed E-state index contributed by atoms with van der Waals surface area (Å²) in [7, 11) is -3.69. The molecule has 3 aromatic rings. The van der Waals surface area contributed by atoms with Gasteiger partial charge in [0, 0.05) is 6.54 Å². The van der Waals surface area contributed by atoms with Crippen molar-refractivity contribution in [1.82, 2.24) is 14.5 Å². The number of thiophene rings is 2. The van der Waals surface area contributed by atoms with E-state index in [-0.39, 0.29) is 10.2 Å². The zero-order valence-electron chi connectivity index (χ0n) is 13.4. The number of carbonyl (C=O) groups is 1. The van der Waals surface area contributed by atoms with Gasteiger partial charge in [-0.2, -0.15) is 4.31 Å². The molecule has 1 amide bonds. The molecule has 1 fully saturated rings. The van der Waals surface area contributed by atoms with Crippen molar-refractivity contribution in [2.45, 2.75) is 23.1 Å². The summed E-state index contributed by atoms with van der Waals surface area (Å²) in [5, 5.41) is 13.8. The van der Waals surface area contributed by atoms with Gasteiger partial charge in [0.25, 0.3) is 15.9 Å². The molecule has 4 rings (SSSR count). The molecule has 136 valence electrons. The highest BCUT2D eigenvalue weighted by molar-refractivity contribution is 7.91. The summed E-state index contributed by atoms with van der Waals surface area (Å²) < 4.78 is 32.4. The van der Waals surface area contributed by atoms with Crippen molar-refractivity contribution in [3.8, 4) is 10.8 Å². The number of amides is 1. The van der Waals surface area contributed by atoms with E-state index >= 15 is 0 Å². The molecule has 0 unspecified atom stereocenters. The number of sulfonamides is 1. The van der Waals surface area contributed by atoms with Crippen molar-refractivity contribution in [3.05, 3.63) is 35.0 Å². The molecular weight excluding hydrogens is 396 g/mol. The van der Waals surface area contributed by atoms with Crippen LogP contribution in [0.1, 0.15) is 12.8 Å². The molecule has 11 heteroatoms. The zero-order valence-corrected chi connectivity index (χ0v) is 15.8. The van der Waals surface area contributed by atoms with Gasteiger partial charge in [-0.1, -0.05) is 17.2 Å². The smallest absolute Gasteiger partial charge is 0.322 e. The van der Waals surface area contributed by atoms with E-state index in [1.165, 1.54) is 15.6 Å². The van der Waals surface area contributed by atoms with Crippen LogP contribution in [0.3, 0.4) is 0 Å². The fourth-order valence-electron chi connectivity index (χ4n) is 2.78. The second kappa shape index (κ2) is 6.91. The monoisotopic (exact) mass is 410 g/mol. The number of anilines is 1. The lowest BCUT2D eigenvalue weighted by Crippen LogP contribution is -2.42. The van der Waals surface area contributed by atoms with E-state index in [0.717, 1.165) is 16.2 Å². The molecule has 1 saturated heterocycles. The molecule has 3 aromatic heterocycles. The van der Waals surface area contributed by atoms with Crippen LogP contribution >= 0.6 is 22.7 Å². The normalized spacial score (nSPS) is 18.2. The second-order valence-corrected chi connectivity index (χ2v) is 9.60. The average Bonchev–Trinajstić information content (AvgIpc) is 3.42. The third-order valence-electron chi connectivity index (χ3n) is 3.95. The Morgan fingerprint density at radius 2 is 2.04 bits per heavy atom. The van der Waals surface area contributed by atoms with Gasteiger partial charge in [-0.25, -0.2) is 8.42 Å². The van der Waals surface area contributed by atoms with Crippen molar-refractivity contribution >= 4 is 44.6 Å². The molecule has 4 heterocycles. The summed E-state index contributed by atoms with van der Waals surface area (Å²) >= 11 is 2.58. The number of hydrogen-bond donors (Lipinski definition) is 1. The number of hydrogen-bond acceptors (Lipinski definition) is 8. The van der Waals surface area contributed by atoms with Crippen LogP contribution in [0.5, 0.6) is 0 Å². The van der Waals surface area contributed by atoms with Crippen LogP contribution < -0.4 is 5.32 Å². The first-order valence-corrected chi connectivity index (χ1v) is 11.0. The Kier molecular flexibility index (Phi) is 4.61. The third kappa shape index (κ3) is 3.18. The number of carbonyl (C=O) groups excluding carboxylic acids is 1. The van der Waals surface area contributed by atoms with Crippen molar-refractivity contribution in [2.24, 2.45) is 0 Å². The van der Waals surface area contributed by atoms with Gasteiger partial charge in [0.15, 0.2) is 0 Å². The third-order valence-corrected chi connectivity index (χ3v) is 8.09. The molecule has 8 nitrogen and oxygen atoms in total. The zero-order chi connectivity index (χ0) is 18.1. The van der Waals surface area contributed by atoms with Crippen LogP contribution in [-0.4, -0.2) is 41.4 Å². The van der Waals surface area contributed by atoms with Gasteiger partial charge in [-0.15, -0.1) is 27.8 Å². The van der Waals surface area contributed by atoms with Crippen molar-refractivity contribution in [1.29, 1.82) is 0 Å². The molecule has 0 radical (unpaired) electrons. The van der Waals surface area contributed by atoms with E-state index in [9.17, 15) is 13.2 Å². The standard InChI is InChI=1S/C15H14N4O4S3/c20-13(16-15-18-17-14(23-15)11-5-2-8-24-11)10-4-1-7-19(10)26(21,22)12-6-3-9-25-12/h2-3,5-6,8-10H,1,4,7H2,(H,16,18,20)/t10-/m0/s1. The van der Waals surface area contributed by atoms with E-state index in [4.69, 9.17) is 4.42 Å². The number of aromatic nitrogens is 2. The maximum atomic E-state index is 12.7. The van der Waals surface area contributed by atoms with Crippen LogP contribution in [-0.2, 0) is 14.8 Å². The first-order chi connectivity index (χ1) is 12.6. The number of nitrogens with one attached hydrogen (secondary N) is 1. The topological polar surface area (TPSA) is 105 Å². The summed E-state index contributed by atoms with van der Waals surface area (Å²) in [5.74, 6) is -0.159. The summed E-state index contributed by atoms with van der Waals surface area (Å²) in [6.07, 6.45) is 1.06. The van der Waals surface area contributed by atoms with E-state index < -0.39 is 22.0 Å². The first-order valence-electron chi connectivity index (χ1n) is 7.79. The van der Waals surface area contributed by atoms with Crippen LogP contribution in [0.2, 0.25) is 0 Å². The van der Waals surface area contributed by atoms with Gasteiger partial charge in [0.05, 0.1) is 4.88 Å². The maximum Gasteiger partial charge on any atom is 0.322 e. The van der Waals surface area contributed by atoms with E-state index in [1.54, 1.807) is 17.5 Å². The van der Waals surface area contributed by atoms with Crippen LogP contribution in [0, 0.1) is 0 Å². The average molecular weight is 411 g/mol. The van der Waals surface area contributed by atoms with Crippen LogP contribution in [0.25, 0.3) is 10.8 Å². The molecule has 0 aliphatic carbocycles. The molecule has 0 bridgehead atoms. The molecule has 0 aromatic carbocycles. The van der Waals surface area contributed by atoms with Crippen LogP contribution in [0.4, 0.5) is 6.01 Å². The Hall–Kier alpha value is -2.08. The fourth-order valence-corrected chi connectivity index (χ4v) is 6.20. The Morgan fingerprint density at radius 1 is 1.23 bits per heavy atom. The largest absolute Gasteiger partial charge is 0.402 e. The van der Waals surface area contributed by atoms with Crippen molar-refractivity contribution in [3.63, 3.8) is 0 Å². The van der Waals surface area contributed by atoms with Gasteiger partial charge in [0.1, 0.15) is 10.3 Å². The lowest BCUT2D eigenvalue weighted by atomic mass is 10.2. The predicted molar refractivity (Wildman–Crippen MR) is 97.5 cm³/mol. The highest BCUT2D eigenvalue weighted by Crippen LogP contribution is 2.29. The Balaban J connectivity index is 1.51. The SMILES string of the molecule is O=C(Nc1nnc(-c2cccs2)o1)[C@@H]1CCCN1S(=O)(=O)c1cccs1. The lowest BCUT2D eigenvalue weighted by molar-refractivity contribution is -0.119. The minimum atomic E-state index is -3.69. The van der Waals surface area contributed by atoms with E-state index in [2.05, 4.69) is 15.5 Å². The Labute approximate surface area is 157 Å². The van der Waals surface area contributed by atoms with Crippen molar-refractivity contribution < 1.29 is 17.6 Å². The first kappa shape index (κ1) is 17.3. The molecular formula is C15H14N4O4S3. The summed E-state index contributed by atoms with van der Waals surface area (Å²) in [6, 6.07) is 6.06. The lowest BCUT2D eigenvalue weighted by Gasteiger charge is -2.21. The predicted octanol–water partition coefficient (Wildman–Crippen LogP) is 2.65. The van der Waals surface area contributed by atoms with Gasteiger partial charge >= 0.3 is 6.01 Å². The summed E-state index contributed by atoms with van der Waals surface area (Å²) in [6.45, 7) is 0.308. The number of nitrogens with zero attached hydrogens (tertiary/aromatic N) is 3. The van der Waals surface area contributed by atoms with Gasteiger partial charge in [-0.3, -0.25) is 10.1 Å². The second-order valence-electron chi connectivity index (χ2n) is 5.58.